The van der Waals surface area contributed by atoms with Gasteiger partial charge in [-0.3, -0.25) is 0 Å². The van der Waals surface area contributed by atoms with E-state index in [-0.39, 0.29) is 0 Å². The fourth-order valence-electron chi connectivity index (χ4n) is 2.38. The minimum atomic E-state index is 0.922. The van der Waals surface area contributed by atoms with Gasteiger partial charge >= 0.3 is 0 Å². The number of nitrogens with zero attached hydrogens (tertiary/aromatic N) is 1. The van der Waals surface area contributed by atoms with Gasteiger partial charge in [-0.05, 0) is 51.1 Å². The van der Waals surface area contributed by atoms with Crippen LogP contribution in [0.1, 0.15) is 22.5 Å². The summed E-state index contributed by atoms with van der Waals surface area (Å²) in [5.41, 5.74) is 6.58. The molecule has 1 aromatic carbocycles. The van der Waals surface area contributed by atoms with Crippen molar-refractivity contribution in [2.45, 2.75) is 27.3 Å². The van der Waals surface area contributed by atoms with E-state index in [1.165, 1.54) is 28.2 Å². The van der Waals surface area contributed by atoms with Gasteiger partial charge in [-0.2, -0.15) is 0 Å². The highest BCUT2D eigenvalue weighted by atomic mass is 15.0. The van der Waals surface area contributed by atoms with Crippen molar-refractivity contribution in [1.82, 2.24) is 9.88 Å². The van der Waals surface area contributed by atoms with E-state index < -0.39 is 0 Å². The molecule has 0 atom stereocenters. The summed E-state index contributed by atoms with van der Waals surface area (Å²) in [6, 6.07) is 10.8. The molecule has 2 nitrogen and oxygen atoms in total. The lowest BCUT2D eigenvalue weighted by Crippen LogP contribution is -2.07. The summed E-state index contributed by atoms with van der Waals surface area (Å²) in [6.07, 6.45) is 0. The van der Waals surface area contributed by atoms with Crippen molar-refractivity contribution in [2.24, 2.45) is 0 Å². The summed E-state index contributed by atoms with van der Waals surface area (Å²) in [7, 11) is 1.99. The first-order valence-corrected chi connectivity index (χ1v) is 6.03. The molecular weight excluding hydrogens is 208 g/mol. The lowest BCUT2D eigenvalue weighted by molar-refractivity contribution is 0.806. The Labute approximate surface area is 103 Å². The van der Waals surface area contributed by atoms with Crippen LogP contribution in [0.15, 0.2) is 30.3 Å². The van der Waals surface area contributed by atoms with Gasteiger partial charge in [0.25, 0.3) is 0 Å². The van der Waals surface area contributed by atoms with E-state index in [1.54, 1.807) is 0 Å². The molecule has 0 amide bonds. The van der Waals surface area contributed by atoms with E-state index in [1.807, 2.05) is 7.05 Å². The SMILES string of the molecule is CNCc1cc(C)n(-c2ccccc2C)c1C. The van der Waals surface area contributed by atoms with E-state index in [4.69, 9.17) is 0 Å². The smallest absolute Gasteiger partial charge is 0.0484 e. The fraction of sp³-hybridized carbons (Fsp3) is 0.333. The molecule has 0 saturated heterocycles. The summed E-state index contributed by atoms with van der Waals surface area (Å²) in [6.45, 7) is 7.43. The zero-order valence-corrected chi connectivity index (χ0v) is 11.0. The third-order valence-electron chi connectivity index (χ3n) is 3.26. The zero-order valence-electron chi connectivity index (χ0n) is 11.0. The molecule has 0 saturated carbocycles. The van der Waals surface area contributed by atoms with Gasteiger partial charge in [0.15, 0.2) is 0 Å². The Hall–Kier alpha value is -1.54. The van der Waals surface area contributed by atoms with Crippen LogP contribution in [0, 0.1) is 20.8 Å². The summed E-state index contributed by atoms with van der Waals surface area (Å²) in [5, 5.41) is 3.22. The number of aromatic nitrogens is 1. The van der Waals surface area contributed by atoms with Crippen LogP contribution in [0.4, 0.5) is 0 Å². The third kappa shape index (κ3) is 2.13. The van der Waals surface area contributed by atoms with E-state index >= 15 is 0 Å². The number of nitrogens with one attached hydrogen (secondary N) is 1. The minimum absolute atomic E-state index is 0.922. The van der Waals surface area contributed by atoms with E-state index in [0.29, 0.717) is 0 Å². The normalized spacial score (nSPS) is 10.8. The molecule has 0 spiro atoms. The van der Waals surface area contributed by atoms with Crippen LogP contribution in [0.5, 0.6) is 0 Å². The standard InChI is InChI=1S/C15H20N2/c1-11-7-5-6-8-15(11)17-12(2)9-14(10-16-4)13(17)3/h5-9,16H,10H2,1-4H3. The number of hydrogen-bond donors (Lipinski definition) is 1. The number of hydrogen-bond acceptors (Lipinski definition) is 1. The lowest BCUT2D eigenvalue weighted by atomic mass is 10.2. The van der Waals surface area contributed by atoms with Crippen LogP contribution in [-0.4, -0.2) is 11.6 Å². The molecule has 0 radical (unpaired) electrons. The lowest BCUT2D eigenvalue weighted by Gasteiger charge is -2.12. The van der Waals surface area contributed by atoms with Gasteiger partial charge in [0, 0.05) is 23.6 Å². The topological polar surface area (TPSA) is 17.0 Å². The second kappa shape index (κ2) is 4.76. The minimum Gasteiger partial charge on any atom is -0.318 e. The molecule has 0 aliphatic carbocycles. The second-order valence-corrected chi connectivity index (χ2v) is 4.55. The zero-order chi connectivity index (χ0) is 12.4. The molecular formula is C15H20N2. The molecule has 90 valence electrons. The molecule has 2 heteroatoms. The number of aryl methyl sites for hydroxylation is 2. The quantitative estimate of drug-likeness (QED) is 0.854. The monoisotopic (exact) mass is 228 g/mol. The van der Waals surface area contributed by atoms with Gasteiger partial charge in [-0.25, -0.2) is 0 Å². The highest BCUT2D eigenvalue weighted by molar-refractivity contribution is 5.46. The number of para-hydroxylation sites is 1. The van der Waals surface area contributed by atoms with Crippen LogP contribution in [0.3, 0.4) is 0 Å². The van der Waals surface area contributed by atoms with Crippen molar-refractivity contribution in [3.8, 4) is 5.69 Å². The molecule has 0 unspecified atom stereocenters. The molecule has 1 heterocycles. The molecule has 0 fully saturated rings. The predicted octanol–water partition coefficient (Wildman–Crippen LogP) is 3.12. The summed E-state index contributed by atoms with van der Waals surface area (Å²) >= 11 is 0. The van der Waals surface area contributed by atoms with Crippen molar-refractivity contribution in [3.05, 3.63) is 52.8 Å². The molecule has 2 rings (SSSR count). The maximum Gasteiger partial charge on any atom is 0.0484 e. The van der Waals surface area contributed by atoms with Gasteiger partial charge in [0.05, 0.1) is 0 Å². The van der Waals surface area contributed by atoms with Gasteiger partial charge in [-0.15, -0.1) is 0 Å². The highest BCUT2D eigenvalue weighted by Gasteiger charge is 2.10. The molecule has 17 heavy (non-hydrogen) atoms. The summed E-state index contributed by atoms with van der Waals surface area (Å²) in [5.74, 6) is 0. The van der Waals surface area contributed by atoms with Crippen LogP contribution < -0.4 is 5.32 Å². The molecule has 0 aliphatic rings. The van der Waals surface area contributed by atoms with E-state index in [2.05, 4.69) is 61.0 Å². The molecule has 0 aliphatic heterocycles. The first kappa shape index (κ1) is 11.9. The molecule has 2 aromatic rings. The summed E-state index contributed by atoms with van der Waals surface area (Å²) in [4.78, 5) is 0. The number of benzene rings is 1. The predicted molar refractivity (Wildman–Crippen MR) is 72.7 cm³/mol. The fourth-order valence-corrected chi connectivity index (χ4v) is 2.38. The Morgan fingerprint density at radius 2 is 1.82 bits per heavy atom. The highest BCUT2D eigenvalue weighted by Crippen LogP contribution is 2.22. The Balaban J connectivity index is 2.56. The Kier molecular flexibility index (Phi) is 3.34. The van der Waals surface area contributed by atoms with Crippen molar-refractivity contribution in [1.29, 1.82) is 0 Å². The van der Waals surface area contributed by atoms with Crippen LogP contribution in [0.2, 0.25) is 0 Å². The van der Waals surface area contributed by atoms with Gasteiger partial charge in [0.2, 0.25) is 0 Å². The number of rotatable bonds is 3. The Bertz CT molecular complexity index is 524. The van der Waals surface area contributed by atoms with Crippen molar-refractivity contribution in [3.63, 3.8) is 0 Å². The first-order valence-electron chi connectivity index (χ1n) is 6.03. The van der Waals surface area contributed by atoms with Gasteiger partial charge in [0.1, 0.15) is 0 Å². The average molecular weight is 228 g/mol. The molecule has 1 N–H and O–H groups in total. The first-order chi connectivity index (χ1) is 8.15. The average Bonchev–Trinajstić information content (AvgIpc) is 2.57. The maximum atomic E-state index is 3.22. The Morgan fingerprint density at radius 3 is 2.47 bits per heavy atom. The Morgan fingerprint density at radius 1 is 1.12 bits per heavy atom. The van der Waals surface area contributed by atoms with E-state index in [9.17, 15) is 0 Å². The third-order valence-corrected chi connectivity index (χ3v) is 3.26. The van der Waals surface area contributed by atoms with Crippen LogP contribution in [-0.2, 0) is 6.54 Å². The van der Waals surface area contributed by atoms with Crippen LogP contribution in [0.25, 0.3) is 5.69 Å². The van der Waals surface area contributed by atoms with Crippen LogP contribution >= 0.6 is 0 Å². The summed E-state index contributed by atoms with van der Waals surface area (Å²) < 4.78 is 2.34. The largest absolute Gasteiger partial charge is 0.318 e. The van der Waals surface area contributed by atoms with Crippen molar-refractivity contribution >= 4 is 0 Å². The van der Waals surface area contributed by atoms with E-state index in [0.717, 1.165) is 6.54 Å². The second-order valence-electron chi connectivity index (χ2n) is 4.55. The van der Waals surface area contributed by atoms with Crippen molar-refractivity contribution < 1.29 is 0 Å². The molecule has 0 bridgehead atoms. The van der Waals surface area contributed by atoms with Gasteiger partial charge in [-0.1, -0.05) is 18.2 Å². The molecule has 1 aromatic heterocycles. The maximum absolute atomic E-state index is 3.22. The van der Waals surface area contributed by atoms with Crippen molar-refractivity contribution in [2.75, 3.05) is 7.05 Å². The van der Waals surface area contributed by atoms with Gasteiger partial charge < -0.3 is 9.88 Å².